The van der Waals surface area contributed by atoms with E-state index in [1.54, 1.807) is 31.4 Å². The number of carbonyl (C=O) groups excluding carboxylic acids is 1. The van der Waals surface area contributed by atoms with Crippen LogP contribution in [-0.4, -0.2) is 29.2 Å². The molecule has 3 aromatic carbocycles. The third kappa shape index (κ3) is 5.60. The number of amides is 1. The second-order valence-corrected chi connectivity index (χ2v) is 8.99. The van der Waals surface area contributed by atoms with E-state index in [1.807, 2.05) is 51.1 Å². The molecule has 0 saturated carbocycles. The van der Waals surface area contributed by atoms with Crippen molar-refractivity contribution in [1.29, 1.82) is 0 Å². The first-order valence-electron chi connectivity index (χ1n) is 11.7. The van der Waals surface area contributed by atoms with Crippen LogP contribution in [0.15, 0.2) is 60.7 Å². The fraction of sp³-hybridized carbons (Fsp3) is 0.286. The Bertz CT molecular complexity index is 1310. The van der Waals surface area contributed by atoms with Gasteiger partial charge < -0.3 is 19.4 Å². The van der Waals surface area contributed by atoms with Crippen molar-refractivity contribution in [3.8, 4) is 11.5 Å². The summed E-state index contributed by atoms with van der Waals surface area (Å²) in [6.07, 6.45) is 0.785. The second-order valence-electron chi connectivity index (χ2n) is 8.61. The number of fused-ring (bicyclic) bond motifs is 1. The van der Waals surface area contributed by atoms with Gasteiger partial charge >= 0.3 is 0 Å². The van der Waals surface area contributed by atoms with Crippen LogP contribution in [0.3, 0.4) is 0 Å². The molecule has 0 aliphatic heterocycles. The van der Waals surface area contributed by atoms with Crippen molar-refractivity contribution in [3.05, 3.63) is 88.2 Å². The molecule has 4 aromatic rings. The lowest BCUT2D eigenvalue weighted by atomic mass is 10.1. The Kier molecular flexibility index (Phi) is 7.61. The van der Waals surface area contributed by atoms with Crippen LogP contribution in [0.4, 0.5) is 0 Å². The first kappa shape index (κ1) is 24.6. The van der Waals surface area contributed by atoms with Crippen molar-refractivity contribution in [2.75, 3.05) is 13.7 Å². The molecule has 1 unspecified atom stereocenters. The van der Waals surface area contributed by atoms with Crippen molar-refractivity contribution in [2.45, 2.75) is 39.8 Å². The van der Waals surface area contributed by atoms with E-state index < -0.39 is 0 Å². The first-order valence-corrected chi connectivity index (χ1v) is 12.0. The molecule has 0 bridgehead atoms. The van der Waals surface area contributed by atoms with E-state index in [9.17, 15) is 4.79 Å². The molecule has 0 saturated heterocycles. The second kappa shape index (κ2) is 10.8. The van der Waals surface area contributed by atoms with Gasteiger partial charge in [0.05, 0.1) is 30.8 Å². The lowest BCUT2D eigenvalue weighted by molar-refractivity contribution is 0.0937. The third-order valence-electron chi connectivity index (χ3n) is 5.98. The molecule has 35 heavy (non-hydrogen) atoms. The third-order valence-corrected chi connectivity index (χ3v) is 6.57. The van der Waals surface area contributed by atoms with E-state index in [2.05, 4.69) is 16.0 Å². The van der Waals surface area contributed by atoms with E-state index in [4.69, 9.17) is 26.1 Å². The average Bonchev–Trinajstić information content (AvgIpc) is 3.24. The van der Waals surface area contributed by atoms with Crippen LogP contribution in [0.5, 0.6) is 11.5 Å². The van der Waals surface area contributed by atoms with Crippen molar-refractivity contribution in [2.24, 2.45) is 0 Å². The number of hydrogen-bond donors (Lipinski definition) is 1. The number of benzene rings is 3. The van der Waals surface area contributed by atoms with Crippen molar-refractivity contribution in [3.63, 3.8) is 0 Å². The maximum Gasteiger partial charge on any atom is 0.251 e. The molecule has 1 amide bonds. The van der Waals surface area contributed by atoms with Gasteiger partial charge in [-0.05, 0) is 86.8 Å². The Labute approximate surface area is 210 Å². The van der Waals surface area contributed by atoms with E-state index in [0.717, 1.165) is 45.2 Å². The summed E-state index contributed by atoms with van der Waals surface area (Å²) in [5.74, 6) is 2.18. The normalized spacial score (nSPS) is 11.9. The molecule has 1 aromatic heterocycles. The van der Waals surface area contributed by atoms with E-state index in [1.165, 1.54) is 0 Å². The molecule has 1 N–H and O–H groups in total. The Hall–Kier alpha value is -3.51. The number of rotatable bonds is 9. The molecule has 0 spiro atoms. The minimum Gasteiger partial charge on any atom is -0.497 e. The van der Waals surface area contributed by atoms with Gasteiger partial charge in [-0.2, -0.15) is 0 Å². The number of aromatic nitrogens is 2. The Morgan fingerprint density at radius 3 is 2.43 bits per heavy atom. The molecular formula is C28H30ClN3O3. The van der Waals surface area contributed by atoms with Crippen LogP contribution >= 0.6 is 11.6 Å². The maximum atomic E-state index is 12.8. The summed E-state index contributed by atoms with van der Waals surface area (Å²) in [6, 6.07) is 18.7. The van der Waals surface area contributed by atoms with Gasteiger partial charge in [-0.25, -0.2) is 4.98 Å². The van der Waals surface area contributed by atoms with Gasteiger partial charge in [0.15, 0.2) is 0 Å². The smallest absolute Gasteiger partial charge is 0.251 e. The minimum absolute atomic E-state index is 0.157. The highest BCUT2D eigenvalue weighted by Gasteiger charge is 2.19. The molecular weight excluding hydrogens is 462 g/mol. The predicted octanol–water partition coefficient (Wildman–Crippen LogP) is 6.28. The van der Waals surface area contributed by atoms with Crippen LogP contribution in [-0.2, 0) is 6.54 Å². The number of imidazole rings is 1. The summed E-state index contributed by atoms with van der Waals surface area (Å²) < 4.78 is 13.3. The number of nitrogens with one attached hydrogen (secondary N) is 1. The zero-order valence-corrected chi connectivity index (χ0v) is 21.2. The van der Waals surface area contributed by atoms with Gasteiger partial charge in [0.2, 0.25) is 0 Å². The molecule has 1 heterocycles. The molecule has 1 atom stereocenters. The van der Waals surface area contributed by atoms with Crippen molar-refractivity contribution in [1.82, 2.24) is 14.9 Å². The number of aryl methyl sites for hydroxylation is 3. The molecule has 4 rings (SSSR count). The van der Waals surface area contributed by atoms with Gasteiger partial charge in [0.1, 0.15) is 17.3 Å². The molecule has 6 nitrogen and oxygen atoms in total. The fourth-order valence-electron chi connectivity index (χ4n) is 4.15. The van der Waals surface area contributed by atoms with Crippen LogP contribution in [0.25, 0.3) is 11.0 Å². The first-order chi connectivity index (χ1) is 16.9. The summed E-state index contributed by atoms with van der Waals surface area (Å²) in [7, 11) is 1.60. The summed E-state index contributed by atoms with van der Waals surface area (Å²) in [5.41, 5.74) is 4.52. The Balaban J connectivity index is 1.46. The number of hydrogen-bond acceptors (Lipinski definition) is 4. The quantitative estimate of drug-likeness (QED) is 0.280. The fourth-order valence-corrected chi connectivity index (χ4v) is 4.26. The maximum absolute atomic E-state index is 12.8. The number of nitrogens with zero attached hydrogens (tertiary/aromatic N) is 2. The van der Waals surface area contributed by atoms with E-state index in [-0.39, 0.29) is 11.9 Å². The molecule has 7 heteroatoms. The molecule has 182 valence electrons. The van der Waals surface area contributed by atoms with Crippen molar-refractivity contribution < 1.29 is 14.3 Å². The van der Waals surface area contributed by atoms with Gasteiger partial charge in [-0.1, -0.05) is 23.7 Å². The Morgan fingerprint density at radius 2 is 1.74 bits per heavy atom. The largest absolute Gasteiger partial charge is 0.497 e. The SMILES string of the molecule is COc1ccc(C(=O)NC(C)c2nc3ccccc3n2CCCOc2cc(C)c(Cl)c(C)c2)cc1. The van der Waals surface area contributed by atoms with Crippen LogP contribution in [0.1, 0.15) is 46.7 Å². The highest BCUT2D eigenvalue weighted by atomic mass is 35.5. The monoisotopic (exact) mass is 491 g/mol. The van der Waals surface area contributed by atoms with Gasteiger partial charge in [0, 0.05) is 17.1 Å². The zero-order valence-electron chi connectivity index (χ0n) is 20.5. The van der Waals surface area contributed by atoms with Gasteiger partial charge in [0.25, 0.3) is 5.91 Å². The zero-order chi connectivity index (χ0) is 24.9. The topological polar surface area (TPSA) is 65.4 Å². The number of para-hydroxylation sites is 2. The van der Waals surface area contributed by atoms with Crippen LogP contribution < -0.4 is 14.8 Å². The lowest BCUT2D eigenvalue weighted by Gasteiger charge is -2.17. The lowest BCUT2D eigenvalue weighted by Crippen LogP contribution is -2.28. The molecule has 0 radical (unpaired) electrons. The van der Waals surface area contributed by atoms with E-state index in [0.29, 0.717) is 24.5 Å². The highest BCUT2D eigenvalue weighted by molar-refractivity contribution is 6.32. The summed E-state index contributed by atoms with van der Waals surface area (Å²) in [5, 5.41) is 3.85. The van der Waals surface area contributed by atoms with Gasteiger partial charge in [-0.3, -0.25) is 4.79 Å². The number of methoxy groups -OCH3 is 1. The Morgan fingerprint density at radius 1 is 1.06 bits per heavy atom. The number of carbonyl (C=O) groups is 1. The van der Waals surface area contributed by atoms with Crippen molar-refractivity contribution >= 4 is 28.5 Å². The standard InChI is InChI=1S/C28H30ClN3O3/c1-18-16-23(17-19(2)26(18)29)35-15-7-14-32-25-9-6-5-8-24(25)31-27(32)20(3)30-28(33)21-10-12-22(34-4)13-11-21/h5-6,8-13,16-17,20H,7,14-15H2,1-4H3,(H,30,33). The summed E-state index contributed by atoms with van der Waals surface area (Å²) >= 11 is 6.27. The summed E-state index contributed by atoms with van der Waals surface area (Å²) in [4.78, 5) is 17.7. The van der Waals surface area contributed by atoms with Crippen LogP contribution in [0.2, 0.25) is 5.02 Å². The van der Waals surface area contributed by atoms with E-state index >= 15 is 0 Å². The predicted molar refractivity (Wildman–Crippen MR) is 140 cm³/mol. The average molecular weight is 492 g/mol. The van der Waals surface area contributed by atoms with Crippen LogP contribution in [0, 0.1) is 13.8 Å². The minimum atomic E-state index is -0.278. The number of halogens is 1. The highest BCUT2D eigenvalue weighted by Crippen LogP contribution is 2.26. The molecule has 0 fully saturated rings. The summed E-state index contributed by atoms with van der Waals surface area (Å²) in [6.45, 7) is 7.18. The number of ether oxygens (including phenoxy) is 2. The van der Waals surface area contributed by atoms with Gasteiger partial charge in [-0.15, -0.1) is 0 Å². The molecule has 0 aliphatic carbocycles. The molecule has 0 aliphatic rings.